The Bertz CT molecular complexity index is 1180. The van der Waals surface area contributed by atoms with Gasteiger partial charge in [0.1, 0.15) is 11.8 Å². The van der Waals surface area contributed by atoms with Crippen molar-refractivity contribution in [2.75, 3.05) is 32.9 Å². The van der Waals surface area contributed by atoms with E-state index in [1.165, 1.54) is 17.0 Å². The minimum atomic E-state index is -1.39. The van der Waals surface area contributed by atoms with Gasteiger partial charge in [-0.15, -0.1) is 0 Å². The van der Waals surface area contributed by atoms with Crippen LogP contribution in [0.2, 0.25) is 0 Å². The molecule has 2 aromatic carbocycles. The topological polar surface area (TPSA) is 31.5 Å². The third-order valence-corrected chi connectivity index (χ3v) is 7.17. The monoisotopic (exact) mass is 485 g/mol. The zero-order chi connectivity index (χ0) is 24.7. The largest absolute Gasteiger partial charge is 0.485 e. The number of aromatic amines is 1. The number of halogens is 3. The van der Waals surface area contributed by atoms with E-state index < -0.39 is 11.5 Å². The zero-order valence-corrected chi connectivity index (χ0v) is 20.7. The number of hydrogen-bond donors (Lipinski definition) is 1. The lowest BCUT2D eigenvalue weighted by Crippen LogP contribution is -2.54. The molecule has 35 heavy (non-hydrogen) atoms. The molecule has 2 aliphatic heterocycles. The van der Waals surface area contributed by atoms with E-state index in [0.717, 1.165) is 23.2 Å². The van der Waals surface area contributed by atoms with E-state index in [2.05, 4.69) is 27.8 Å². The molecular formula is C28H34F3N3O. The number of hydrogen-bond acceptors (Lipinski definition) is 3. The van der Waals surface area contributed by atoms with Gasteiger partial charge in [0.15, 0.2) is 11.6 Å². The fraction of sp³-hybridized carbons (Fsp3) is 0.500. The normalized spacial score (nSPS) is 21.8. The summed E-state index contributed by atoms with van der Waals surface area (Å²) >= 11 is 0. The fourth-order valence-electron chi connectivity index (χ4n) is 5.57. The standard InChI is InChI=1S/C28H34F3N3O/c1-18-13-22-21-7-4-5-8-24(21)32-26(22)27(34(18)17-28(2,3)31)19-9-10-25(23(30)14-19)35-20-15-33(16-20)12-6-11-29/h4-5,7-10,14,18,20,27,32H,6,11-13,15-17H2,1-3H3/t18-,27-/m1/s1. The van der Waals surface area contributed by atoms with Gasteiger partial charge >= 0.3 is 0 Å². The van der Waals surface area contributed by atoms with Gasteiger partial charge in [0.05, 0.1) is 12.7 Å². The lowest BCUT2D eigenvalue weighted by Gasteiger charge is -2.43. The molecular weight excluding hydrogens is 451 g/mol. The molecule has 0 saturated carbocycles. The summed E-state index contributed by atoms with van der Waals surface area (Å²) in [6, 6.07) is 13.1. The van der Waals surface area contributed by atoms with E-state index in [0.29, 0.717) is 26.1 Å². The first-order chi connectivity index (χ1) is 16.7. The van der Waals surface area contributed by atoms with Crippen LogP contribution in [0.5, 0.6) is 5.75 Å². The van der Waals surface area contributed by atoms with Crippen LogP contribution in [0.1, 0.15) is 50.1 Å². The lowest BCUT2D eigenvalue weighted by molar-refractivity contribution is 0.0161. The molecule has 1 fully saturated rings. The number of rotatable bonds is 8. The smallest absolute Gasteiger partial charge is 0.165 e. The maximum Gasteiger partial charge on any atom is 0.165 e. The minimum Gasteiger partial charge on any atom is -0.485 e. The second-order valence-corrected chi connectivity index (χ2v) is 10.6. The average molecular weight is 486 g/mol. The van der Waals surface area contributed by atoms with Crippen molar-refractivity contribution in [3.63, 3.8) is 0 Å². The van der Waals surface area contributed by atoms with Crippen LogP contribution in [0.3, 0.4) is 0 Å². The summed E-state index contributed by atoms with van der Waals surface area (Å²) < 4.78 is 48.4. The predicted octanol–water partition coefficient (Wildman–Crippen LogP) is 5.81. The highest BCUT2D eigenvalue weighted by Crippen LogP contribution is 2.42. The summed E-state index contributed by atoms with van der Waals surface area (Å²) in [5.74, 6) is -0.193. The number of H-pyrrole nitrogens is 1. The van der Waals surface area contributed by atoms with Crippen LogP contribution in [0.4, 0.5) is 13.2 Å². The van der Waals surface area contributed by atoms with Crippen LogP contribution in [-0.2, 0) is 6.42 Å². The molecule has 1 aromatic heterocycles. The SMILES string of the molecule is C[C@@H]1Cc2c([nH]c3ccccc23)[C@@H](c2ccc(OC3CN(CCCF)C3)c(F)c2)N1CC(C)(C)F. The molecule has 0 unspecified atom stereocenters. The van der Waals surface area contributed by atoms with Crippen molar-refractivity contribution >= 4 is 10.9 Å². The van der Waals surface area contributed by atoms with Crippen LogP contribution in [0.25, 0.3) is 10.9 Å². The van der Waals surface area contributed by atoms with Gasteiger partial charge in [-0.2, -0.15) is 0 Å². The third-order valence-electron chi connectivity index (χ3n) is 7.17. The highest BCUT2D eigenvalue weighted by molar-refractivity contribution is 5.85. The van der Waals surface area contributed by atoms with Gasteiger partial charge in [-0.25, -0.2) is 8.78 Å². The van der Waals surface area contributed by atoms with E-state index in [1.807, 2.05) is 24.3 Å². The molecule has 1 saturated heterocycles. The van der Waals surface area contributed by atoms with Gasteiger partial charge in [-0.3, -0.25) is 14.2 Å². The van der Waals surface area contributed by atoms with Crippen LogP contribution in [0, 0.1) is 5.82 Å². The molecule has 188 valence electrons. The Kier molecular flexibility index (Phi) is 6.57. The van der Waals surface area contributed by atoms with Crippen molar-refractivity contribution < 1.29 is 17.9 Å². The second-order valence-electron chi connectivity index (χ2n) is 10.6. The molecule has 0 aliphatic carbocycles. The van der Waals surface area contributed by atoms with Crippen LogP contribution in [0.15, 0.2) is 42.5 Å². The zero-order valence-electron chi connectivity index (χ0n) is 20.7. The Morgan fingerprint density at radius 1 is 1.14 bits per heavy atom. The molecule has 3 aromatic rings. The second kappa shape index (κ2) is 9.51. The van der Waals surface area contributed by atoms with Gasteiger partial charge in [-0.1, -0.05) is 24.3 Å². The van der Waals surface area contributed by atoms with Crippen molar-refractivity contribution in [3.05, 3.63) is 65.1 Å². The van der Waals surface area contributed by atoms with Gasteiger partial charge in [0.2, 0.25) is 0 Å². The summed E-state index contributed by atoms with van der Waals surface area (Å²) in [5, 5.41) is 1.17. The Balaban J connectivity index is 1.45. The van der Waals surface area contributed by atoms with Gasteiger partial charge < -0.3 is 9.72 Å². The molecule has 0 radical (unpaired) electrons. The first-order valence-electron chi connectivity index (χ1n) is 12.5. The van der Waals surface area contributed by atoms with Crippen molar-refractivity contribution in [3.8, 4) is 5.75 Å². The molecule has 3 heterocycles. The summed E-state index contributed by atoms with van der Waals surface area (Å²) in [6.07, 6.45) is 1.22. The maximum absolute atomic E-state index is 15.3. The van der Waals surface area contributed by atoms with Crippen molar-refractivity contribution in [1.82, 2.24) is 14.8 Å². The van der Waals surface area contributed by atoms with Crippen LogP contribution < -0.4 is 4.74 Å². The van der Waals surface area contributed by atoms with E-state index in [-0.39, 0.29) is 37.2 Å². The van der Waals surface area contributed by atoms with Crippen LogP contribution >= 0.6 is 0 Å². The van der Waals surface area contributed by atoms with Crippen molar-refractivity contribution in [2.45, 2.75) is 57.5 Å². The van der Waals surface area contributed by atoms with Crippen molar-refractivity contribution in [2.24, 2.45) is 0 Å². The van der Waals surface area contributed by atoms with Crippen LogP contribution in [-0.4, -0.2) is 65.5 Å². The number of benzene rings is 2. The number of ether oxygens (including phenoxy) is 1. The maximum atomic E-state index is 15.3. The Labute approximate surface area is 205 Å². The van der Waals surface area contributed by atoms with Gasteiger partial charge in [-0.05, 0) is 62.9 Å². The number of aromatic nitrogens is 1. The third kappa shape index (κ3) is 4.94. The van der Waals surface area contributed by atoms with E-state index in [1.54, 1.807) is 19.9 Å². The predicted molar refractivity (Wildman–Crippen MR) is 133 cm³/mol. The number of alkyl halides is 2. The molecule has 2 atom stereocenters. The fourth-order valence-corrected chi connectivity index (χ4v) is 5.57. The number of likely N-dealkylation sites (tertiary alicyclic amines) is 1. The average Bonchev–Trinajstić information content (AvgIpc) is 3.13. The highest BCUT2D eigenvalue weighted by atomic mass is 19.1. The Morgan fingerprint density at radius 3 is 2.63 bits per heavy atom. The van der Waals surface area contributed by atoms with Gasteiger partial charge in [0, 0.05) is 48.8 Å². The first-order valence-corrected chi connectivity index (χ1v) is 12.5. The summed E-state index contributed by atoms with van der Waals surface area (Å²) in [5.41, 5.74) is 2.64. The highest BCUT2D eigenvalue weighted by Gasteiger charge is 2.39. The lowest BCUT2D eigenvalue weighted by atomic mass is 9.87. The number of para-hydroxylation sites is 1. The summed E-state index contributed by atoms with van der Waals surface area (Å²) in [6.45, 7) is 7.26. The van der Waals surface area contributed by atoms with Crippen molar-refractivity contribution in [1.29, 1.82) is 0 Å². The molecule has 2 aliphatic rings. The van der Waals surface area contributed by atoms with E-state index in [4.69, 9.17) is 4.74 Å². The van der Waals surface area contributed by atoms with E-state index >= 15 is 4.39 Å². The molecule has 4 nitrogen and oxygen atoms in total. The minimum absolute atomic E-state index is 0.0889. The summed E-state index contributed by atoms with van der Waals surface area (Å²) in [4.78, 5) is 7.80. The van der Waals surface area contributed by atoms with E-state index in [9.17, 15) is 8.78 Å². The molecule has 7 heteroatoms. The molecule has 5 rings (SSSR count). The van der Waals surface area contributed by atoms with Gasteiger partial charge in [0.25, 0.3) is 0 Å². The molecule has 0 spiro atoms. The number of nitrogens with one attached hydrogen (secondary N) is 1. The molecule has 0 amide bonds. The first kappa shape index (κ1) is 24.2. The molecule has 0 bridgehead atoms. The quantitative estimate of drug-likeness (QED) is 0.437. The Hall–Kier alpha value is -2.51. The summed E-state index contributed by atoms with van der Waals surface area (Å²) in [7, 11) is 0. The Morgan fingerprint density at radius 2 is 1.91 bits per heavy atom. The number of nitrogens with zero attached hydrogens (tertiary/aromatic N) is 2. The molecule has 1 N–H and O–H groups in total. The number of fused-ring (bicyclic) bond motifs is 3.